The minimum Gasteiger partial charge on any atom is -0.482 e. The zero-order chi connectivity index (χ0) is 17.6. The Morgan fingerprint density at radius 2 is 1.96 bits per heavy atom. The highest BCUT2D eigenvalue weighted by atomic mass is 16.5. The summed E-state index contributed by atoms with van der Waals surface area (Å²) in [5.41, 5.74) is 2.37. The normalized spacial score (nSPS) is 15.9. The Labute approximate surface area is 147 Å². The van der Waals surface area contributed by atoms with Crippen LogP contribution in [0.3, 0.4) is 0 Å². The van der Waals surface area contributed by atoms with Gasteiger partial charge in [0.1, 0.15) is 11.6 Å². The van der Waals surface area contributed by atoms with E-state index in [-0.39, 0.29) is 6.61 Å². The van der Waals surface area contributed by atoms with Crippen molar-refractivity contribution in [3.05, 3.63) is 53.6 Å². The predicted molar refractivity (Wildman–Crippen MR) is 93.6 cm³/mol. The predicted octanol–water partition coefficient (Wildman–Crippen LogP) is 2.63. The van der Waals surface area contributed by atoms with Gasteiger partial charge in [-0.15, -0.1) is 0 Å². The fourth-order valence-electron chi connectivity index (χ4n) is 3.18. The summed E-state index contributed by atoms with van der Waals surface area (Å²) < 4.78 is 5.16. The zero-order valence-electron chi connectivity index (χ0n) is 14.4. The van der Waals surface area contributed by atoms with Crippen LogP contribution in [0, 0.1) is 6.92 Å². The highest BCUT2D eigenvalue weighted by Gasteiger charge is 2.21. The molecular weight excluding hydrogens is 318 g/mol. The first-order valence-electron chi connectivity index (χ1n) is 8.55. The van der Waals surface area contributed by atoms with Crippen LogP contribution < -0.4 is 4.74 Å². The molecule has 2 aromatic rings. The number of aryl methyl sites for hydroxylation is 1. The van der Waals surface area contributed by atoms with Crippen LogP contribution in [-0.2, 0) is 11.3 Å². The second-order valence-electron chi connectivity index (χ2n) is 6.41. The van der Waals surface area contributed by atoms with E-state index in [1.807, 2.05) is 43.5 Å². The monoisotopic (exact) mass is 341 g/mol. The lowest BCUT2D eigenvalue weighted by molar-refractivity contribution is -0.139. The molecule has 1 aliphatic rings. The molecule has 1 saturated heterocycles. The summed E-state index contributed by atoms with van der Waals surface area (Å²) in [5, 5.41) is 8.63. The molecule has 2 heterocycles. The number of likely N-dealkylation sites (tertiary alicyclic amines) is 1. The number of nitrogens with zero attached hydrogens (tertiary/aromatic N) is 3. The molecule has 1 N–H and O–H groups in total. The van der Waals surface area contributed by atoms with Crippen molar-refractivity contribution in [2.24, 2.45) is 0 Å². The molecule has 1 aromatic carbocycles. The number of ether oxygens (including phenoxy) is 1. The Hall–Kier alpha value is -2.47. The summed E-state index contributed by atoms with van der Waals surface area (Å²) in [6.07, 6.45) is 4.06. The lowest BCUT2D eigenvalue weighted by atomic mass is 9.93. The highest BCUT2D eigenvalue weighted by molar-refractivity contribution is 5.68. The number of aromatic nitrogens is 2. The third-order valence-corrected chi connectivity index (χ3v) is 4.50. The smallest absolute Gasteiger partial charge is 0.341 e. The van der Waals surface area contributed by atoms with Crippen LogP contribution in [0.5, 0.6) is 5.75 Å². The van der Waals surface area contributed by atoms with E-state index < -0.39 is 5.97 Å². The Kier molecular flexibility index (Phi) is 5.60. The number of benzene rings is 1. The number of aliphatic carboxylic acids is 1. The molecule has 6 heteroatoms. The largest absolute Gasteiger partial charge is 0.482 e. The molecule has 0 spiro atoms. The summed E-state index contributed by atoms with van der Waals surface area (Å²) in [7, 11) is 0. The number of carboxylic acid groups (broad SMARTS) is 1. The van der Waals surface area contributed by atoms with E-state index in [2.05, 4.69) is 14.9 Å². The standard InChI is InChI=1S/C19H23N3O3/c1-14-20-9-6-18(21-14)16-7-10-22(11-8-16)12-15-2-4-17(5-3-15)25-13-19(23)24/h2-6,9,16H,7-8,10-13H2,1H3,(H,23,24). The van der Waals surface area contributed by atoms with Crippen LogP contribution in [-0.4, -0.2) is 45.6 Å². The van der Waals surface area contributed by atoms with Crippen molar-refractivity contribution in [3.63, 3.8) is 0 Å². The number of hydrogen-bond acceptors (Lipinski definition) is 5. The van der Waals surface area contributed by atoms with Gasteiger partial charge in [-0.25, -0.2) is 14.8 Å². The number of carbonyl (C=O) groups is 1. The minimum absolute atomic E-state index is 0.310. The molecule has 0 aliphatic carbocycles. The van der Waals surface area contributed by atoms with Crippen molar-refractivity contribution in [3.8, 4) is 5.75 Å². The molecule has 1 fully saturated rings. The SMILES string of the molecule is Cc1nccc(C2CCN(Cc3ccc(OCC(=O)O)cc3)CC2)n1. The van der Waals surface area contributed by atoms with Gasteiger partial charge in [-0.05, 0) is 56.6 Å². The molecular formula is C19H23N3O3. The van der Waals surface area contributed by atoms with Crippen molar-refractivity contribution >= 4 is 5.97 Å². The quantitative estimate of drug-likeness (QED) is 0.870. The van der Waals surface area contributed by atoms with Crippen LogP contribution in [0.25, 0.3) is 0 Å². The van der Waals surface area contributed by atoms with Crippen molar-refractivity contribution in [1.82, 2.24) is 14.9 Å². The zero-order valence-corrected chi connectivity index (χ0v) is 14.4. The van der Waals surface area contributed by atoms with E-state index >= 15 is 0 Å². The van der Waals surface area contributed by atoms with E-state index in [0.29, 0.717) is 11.7 Å². The Balaban J connectivity index is 1.49. The van der Waals surface area contributed by atoms with E-state index in [4.69, 9.17) is 9.84 Å². The molecule has 25 heavy (non-hydrogen) atoms. The van der Waals surface area contributed by atoms with Gasteiger partial charge in [0.15, 0.2) is 6.61 Å². The van der Waals surface area contributed by atoms with Gasteiger partial charge >= 0.3 is 5.97 Å². The molecule has 0 atom stereocenters. The van der Waals surface area contributed by atoms with Gasteiger partial charge in [-0.3, -0.25) is 4.90 Å². The third-order valence-electron chi connectivity index (χ3n) is 4.50. The Morgan fingerprint density at radius 3 is 2.60 bits per heavy atom. The fourth-order valence-corrected chi connectivity index (χ4v) is 3.18. The Bertz CT molecular complexity index is 710. The number of piperidine rings is 1. The minimum atomic E-state index is -0.967. The van der Waals surface area contributed by atoms with E-state index in [9.17, 15) is 4.79 Å². The maximum atomic E-state index is 10.5. The van der Waals surface area contributed by atoms with Crippen LogP contribution in [0.4, 0.5) is 0 Å². The highest BCUT2D eigenvalue weighted by Crippen LogP contribution is 2.27. The first-order valence-corrected chi connectivity index (χ1v) is 8.55. The molecule has 3 rings (SSSR count). The van der Waals surface area contributed by atoms with Crippen LogP contribution in [0.1, 0.15) is 35.8 Å². The molecule has 6 nitrogen and oxygen atoms in total. The van der Waals surface area contributed by atoms with Crippen molar-refractivity contribution in [2.75, 3.05) is 19.7 Å². The van der Waals surface area contributed by atoms with Gasteiger partial charge in [-0.2, -0.15) is 0 Å². The maximum absolute atomic E-state index is 10.5. The summed E-state index contributed by atoms with van der Waals surface area (Å²) >= 11 is 0. The molecule has 1 aromatic heterocycles. The molecule has 0 saturated carbocycles. The first-order chi connectivity index (χ1) is 12.1. The third kappa shape index (κ3) is 5.00. The number of hydrogen-bond donors (Lipinski definition) is 1. The van der Waals surface area contributed by atoms with Crippen LogP contribution in [0.15, 0.2) is 36.5 Å². The van der Waals surface area contributed by atoms with Gasteiger partial charge in [0.05, 0.1) is 0 Å². The number of carboxylic acids is 1. The lowest BCUT2D eigenvalue weighted by Crippen LogP contribution is -2.32. The lowest BCUT2D eigenvalue weighted by Gasteiger charge is -2.31. The number of rotatable bonds is 6. The molecule has 0 radical (unpaired) electrons. The van der Waals surface area contributed by atoms with Crippen LogP contribution in [0.2, 0.25) is 0 Å². The second-order valence-corrected chi connectivity index (χ2v) is 6.41. The van der Waals surface area contributed by atoms with E-state index in [1.165, 1.54) is 5.56 Å². The topological polar surface area (TPSA) is 75.6 Å². The second kappa shape index (κ2) is 8.07. The summed E-state index contributed by atoms with van der Waals surface area (Å²) in [6.45, 7) is 4.61. The van der Waals surface area contributed by atoms with Gasteiger partial charge in [0.2, 0.25) is 0 Å². The van der Waals surface area contributed by atoms with Crippen molar-refractivity contribution in [2.45, 2.75) is 32.2 Å². The Morgan fingerprint density at radius 1 is 1.24 bits per heavy atom. The average Bonchev–Trinajstić information content (AvgIpc) is 2.62. The molecule has 132 valence electrons. The van der Waals surface area contributed by atoms with Gasteiger partial charge < -0.3 is 9.84 Å². The molecule has 1 aliphatic heterocycles. The molecule has 0 amide bonds. The van der Waals surface area contributed by atoms with Gasteiger partial charge in [0.25, 0.3) is 0 Å². The summed E-state index contributed by atoms with van der Waals surface area (Å²) in [4.78, 5) is 21.7. The first kappa shape index (κ1) is 17.4. The van der Waals surface area contributed by atoms with Crippen molar-refractivity contribution < 1.29 is 14.6 Å². The van der Waals surface area contributed by atoms with Crippen molar-refractivity contribution in [1.29, 1.82) is 0 Å². The summed E-state index contributed by atoms with van der Waals surface area (Å²) in [5.74, 6) is 0.977. The van der Waals surface area contributed by atoms with Gasteiger partial charge in [0, 0.05) is 24.4 Å². The maximum Gasteiger partial charge on any atom is 0.341 e. The summed E-state index contributed by atoms with van der Waals surface area (Å²) in [6, 6.07) is 9.68. The fraction of sp³-hybridized carbons (Fsp3) is 0.421. The van der Waals surface area contributed by atoms with E-state index in [1.54, 1.807) is 0 Å². The molecule has 0 bridgehead atoms. The molecule has 0 unspecified atom stereocenters. The van der Waals surface area contributed by atoms with Gasteiger partial charge in [-0.1, -0.05) is 12.1 Å². The average molecular weight is 341 g/mol. The van der Waals surface area contributed by atoms with E-state index in [0.717, 1.165) is 44.0 Å². The van der Waals surface area contributed by atoms with Crippen LogP contribution >= 0.6 is 0 Å².